The molecule has 2 aromatic rings. The number of carboxylic acid groups (broad SMARTS) is 1. The van der Waals surface area contributed by atoms with E-state index in [1.165, 1.54) is 49.5 Å². The van der Waals surface area contributed by atoms with Crippen LogP contribution in [0.1, 0.15) is 51.1 Å². The molecule has 154 valence electrons. The molecule has 1 heterocycles. The molecule has 3 rings (SSSR count). The van der Waals surface area contributed by atoms with Crippen molar-refractivity contribution < 1.29 is 28.7 Å². The number of primary amides is 1. The third-order valence-electron chi connectivity index (χ3n) is 5.06. The third kappa shape index (κ3) is 3.84. The molecule has 0 spiro atoms. The maximum absolute atomic E-state index is 13.2. The molecular weight excluding hydrogens is 391 g/mol. The number of rotatable bonds is 5. The summed E-state index contributed by atoms with van der Waals surface area (Å²) >= 11 is 0. The third-order valence-corrected chi connectivity index (χ3v) is 5.06. The summed E-state index contributed by atoms with van der Waals surface area (Å²) in [5.74, 6) is -4.05. The van der Waals surface area contributed by atoms with Crippen molar-refractivity contribution in [1.82, 2.24) is 0 Å². The Labute approximate surface area is 171 Å². The zero-order valence-electron chi connectivity index (χ0n) is 16.3. The molecule has 1 aliphatic heterocycles. The fourth-order valence-corrected chi connectivity index (χ4v) is 3.52. The summed E-state index contributed by atoms with van der Waals surface area (Å²) in [4.78, 5) is 49.7. The number of nitrogens with two attached hydrogens (primary N) is 1. The number of aliphatic carboxylic acids is 1. The highest BCUT2D eigenvalue weighted by atomic mass is 19.1. The number of anilines is 1. The second kappa shape index (κ2) is 7.90. The molecule has 2 aromatic carbocycles. The summed E-state index contributed by atoms with van der Waals surface area (Å²) in [5, 5.41) is 9.72. The largest absolute Gasteiger partial charge is 0.478 e. The monoisotopic (exact) mass is 410 g/mol. The molecule has 0 aromatic heterocycles. The molecule has 1 atom stereocenters. The molecule has 8 heteroatoms. The van der Waals surface area contributed by atoms with Crippen LogP contribution in [0.25, 0.3) is 0 Å². The lowest BCUT2D eigenvalue weighted by Crippen LogP contribution is -2.35. The van der Waals surface area contributed by atoms with Gasteiger partial charge < -0.3 is 10.8 Å². The van der Waals surface area contributed by atoms with E-state index < -0.39 is 35.3 Å². The first-order valence-electron chi connectivity index (χ1n) is 9.08. The van der Waals surface area contributed by atoms with E-state index in [2.05, 4.69) is 0 Å². The van der Waals surface area contributed by atoms with Gasteiger partial charge in [-0.3, -0.25) is 19.3 Å². The molecule has 0 unspecified atom stereocenters. The number of amides is 2. The van der Waals surface area contributed by atoms with Crippen LogP contribution in [0.4, 0.5) is 10.1 Å². The van der Waals surface area contributed by atoms with Crippen LogP contribution in [0.2, 0.25) is 0 Å². The minimum Gasteiger partial charge on any atom is -0.478 e. The van der Waals surface area contributed by atoms with Crippen LogP contribution < -0.4 is 10.6 Å². The molecule has 0 radical (unpaired) electrons. The Morgan fingerprint density at radius 2 is 1.77 bits per heavy atom. The Bertz CT molecular complexity index is 1110. The molecule has 2 amide bonds. The van der Waals surface area contributed by atoms with Crippen LogP contribution in [0, 0.1) is 12.7 Å². The highest BCUT2D eigenvalue weighted by Gasteiger charge is 2.34. The summed E-state index contributed by atoms with van der Waals surface area (Å²) in [7, 11) is 0. The van der Waals surface area contributed by atoms with Gasteiger partial charge >= 0.3 is 5.97 Å². The zero-order valence-corrected chi connectivity index (χ0v) is 16.3. The van der Waals surface area contributed by atoms with Gasteiger partial charge in [0.15, 0.2) is 5.78 Å². The topological polar surface area (TPSA) is 118 Å². The van der Waals surface area contributed by atoms with Gasteiger partial charge in [-0.05, 0) is 49.2 Å². The average Bonchev–Trinajstić information content (AvgIpc) is 2.67. The van der Waals surface area contributed by atoms with Gasteiger partial charge in [0.25, 0.3) is 0 Å². The number of carbonyl (C=O) groups is 4. The molecule has 0 saturated carbocycles. The first-order valence-corrected chi connectivity index (χ1v) is 9.08. The standard InChI is InChI=1S/C22H19FN2O5/c1-11-7-19(16(12(2)26)8-15(11)21(24)28)25-10-18(22(29)30)17(9-20(25)27)13-3-5-14(23)6-4-13/h3-8,10,17H,9H2,1-2H3,(H2,24,28)(H,29,30)/t17-/m0/s1. The molecule has 0 bridgehead atoms. The Morgan fingerprint density at radius 3 is 2.30 bits per heavy atom. The smallest absolute Gasteiger partial charge is 0.333 e. The van der Waals surface area contributed by atoms with Crippen LogP contribution in [0.15, 0.2) is 48.2 Å². The number of halogens is 1. The van der Waals surface area contributed by atoms with Crippen molar-refractivity contribution in [3.05, 3.63) is 76.2 Å². The fourth-order valence-electron chi connectivity index (χ4n) is 3.52. The highest BCUT2D eigenvalue weighted by molar-refractivity contribution is 6.10. The first kappa shape index (κ1) is 20.9. The molecule has 30 heavy (non-hydrogen) atoms. The summed E-state index contributed by atoms with van der Waals surface area (Å²) < 4.78 is 13.2. The van der Waals surface area contributed by atoms with Crippen molar-refractivity contribution in [3.63, 3.8) is 0 Å². The van der Waals surface area contributed by atoms with Crippen LogP contribution in [0.3, 0.4) is 0 Å². The molecule has 0 aliphatic carbocycles. The summed E-state index contributed by atoms with van der Waals surface area (Å²) in [5.41, 5.74) is 6.59. The van der Waals surface area contributed by atoms with Gasteiger partial charge in [-0.15, -0.1) is 0 Å². The number of hydrogen-bond acceptors (Lipinski definition) is 4. The van der Waals surface area contributed by atoms with Gasteiger partial charge in [0.05, 0.1) is 11.3 Å². The van der Waals surface area contributed by atoms with E-state index >= 15 is 0 Å². The van der Waals surface area contributed by atoms with E-state index in [0.717, 1.165) is 4.90 Å². The fraction of sp³-hybridized carbons (Fsp3) is 0.182. The Kier molecular flexibility index (Phi) is 5.51. The number of ketones is 1. The Morgan fingerprint density at radius 1 is 1.13 bits per heavy atom. The van der Waals surface area contributed by atoms with Gasteiger partial charge in [0.2, 0.25) is 11.8 Å². The van der Waals surface area contributed by atoms with Crippen LogP contribution in [-0.2, 0) is 9.59 Å². The van der Waals surface area contributed by atoms with Gasteiger partial charge in [0, 0.05) is 29.7 Å². The SMILES string of the molecule is CC(=O)c1cc(C(N)=O)c(C)cc1N1C=C(C(=O)O)[C@H](c2ccc(F)cc2)CC1=O. The van der Waals surface area contributed by atoms with Gasteiger partial charge in [-0.2, -0.15) is 0 Å². The number of carbonyl (C=O) groups excluding carboxylic acids is 3. The van der Waals surface area contributed by atoms with E-state index in [0.29, 0.717) is 11.1 Å². The summed E-state index contributed by atoms with van der Waals surface area (Å²) in [6.45, 7) is 2.88. The lowest BCUT2D eigenvalue weighted by Gasteiger charge is -2.31. The first-order chi connectivity index (χ1) is 14.1. The van der Waals surface area contributed by atoms with Gasteiger partial charge in [-0.1, -0.05) is 12.1 Å². The lowest BCUT2D eigenvalue weighted by molar-refractivity contribution is -0.133. The van der Waals surface area contributed by atoms with E-state index in [9.17, 15) is 28.7 Å². The van der Waals surface area contributed by atoms with E-state index in [4.69, 9.17) is 5.73 Å². The quantitative estimate of drug-likeness (QED) is 0.735. The highest BCUT2D eigenvalue weighted by Crippen LogP contribution is 2.37. The normalized spacial score (nSPS) is 16.2. The predicted octanol–water partition coefficient (Wildman–Crippen LogP) is 2.92. The van der Waals surface area contributed by atoms with Crippen LogP contribution in [-0.4, -0.2) is 28.7 Å². The number of aryl methyl sites for hydroxylation is 1. The molecule has 0 saturated heterocycles. The van der Waals surface area contributed by atoms with Crippen molar-refractivity contribution in [2.45, 2.75) is 26.2 Å². The second-order valence-electron chi connectivity index (χ2n) is 7.07. The lowest BCUT2D eigenvalue weighted by atomic mass is 9.85. The zero-order chi connectivity index (χ0) is 22.2. The number of carboxylic acids is 1. The van der Waals surface area contributed by atoms with Crippen LogP contribution >= 0.6 is 0 Å². The van der Waals surface area contributed by atoms with Crippen molar-refractivity contribution >= 4 is 29.3 Å². The number of Topliss-reactive ketones (excluding diaryl/α,β-unsaturated/α-hetero) is 1. The van der Waals surface area contributed by atoms with Crippen molar-refractivity contribution in [2.75, 3.05) is 4.90 Å². The maximum atomic E-state index is 13.2. The predicted molar refractivity (Wildman–Crippen MR) is 107 cm³/mol. The van der Waals surface area contributed by atoms with Crippen molar-refractivity contribution in [3.8, 4) is 0 Å². The molecule has 7 nitrogen and oxygen atoms in total. The minimum absolute atomic E-state index is 0.0731. The minimum atomic E-state index is -1.24. The van der Waals surface area contributed by atoms with E-state index in [1.807, 2.05) is 0 Å². The van der Waals surface area contributed by atoms with Crippen molar-refractivity contribution in [1.29, 1.82) is 0 Å². The molecular formula is C22H19FN2O5. The van der Waals surface area contributed by atoms with E-state index in [-0.39, 0.29) is 28.8 Å². The van der Waals surface area contributed by atoms with Crippen molar-refractivity contribution in [2.24, 2.45) is 5.73 Å². The summed E-state index contributed by atoms with van der Waals surface area (Å²) in [6, 6.07) is 8.04. The van der Waals surface area contributed by atoms with Gasteiger partial charge in [-0.25, -0.2) is 9.18 Å². The number of nitrogens with zero attached hydrogens (tertiary/aromatic N) is 1. The molecule has 0 fully saturated rings. The average molecular weight is 410 g/mol. The van der Waals surface area contributed by atoms with Gasteiger partial charge in [0.1, 0.15) is 5.82 Å². The van der Waals surface area contributed by atoms with Crippen LogP contribution in [0.5, 0.6) is 0 Å². The summed E-state index contributed by atoms with van der Waals surface area (Å²) in [6.07, 6.45) is 0.991. The Balaban J connectivity index is 2.15. The van der Waals surface area contributed by atoms with E-state index in [1.54, 1.807) is 6.92 Å². The molecule has 3 N–H and O–H groups in total. The number of hydrogen-bond donors (Lipinski definition) is 2. The Hall–Kier alpha value is -3.81. The number of benzene rings is 2. The molecule has 1 aliphatic rings. The maximum Gasteiger partial charge on any atom is 0.333 e. The second-order valence-corrected chi connectivity index (χ2v) is 7.07.